The van der Waals surface area contributed by atoms with Crippen molar-refractivity contribution >= 4 is 86.9 Å². The number of allylic oxidation sites excluding steroid dienone is 4. The first-order valence-electron chi connectivity index (χ1n) is 16.7. The van der Waals surface area contributed by atoms with E-state index in [9.17, 15) is 25.9 Å². The van der Waals surface area contributed by atoms with E-state index in [2.05, 4.69) is 73.0 Å². The number of nitrogens with zero attached hydrogens (tertiary/aromatic N) is 2. The summed E-state index contributed by atoms with van der Waals surface area (Å²) in [7, 11) is -8.43. The van der Waals surface area contributed by atoms with Gasteiger partial charge in [-0.25, -0.2) is 4.48 Å². The van der Waals surface area contributed by atoms with Crippen LogP contribution in [0.2, 0.25) is 0 Å². The third kappa shape index (κ3) is 5.94. The topological polar surface area (TPSA) is 113 Å². The van der Waals surface area contributed by atoms with E-state index in [-0.39, 0.29) is 22.1 Å². The summed E-state index contributed by atoms with van der Waals surface area (Å²) < 4.78 is 72.4. The van der Waals surface area contributed by atoms with Gasteiger partial charge in [-0.2, -0.15) is 21.4 Å². The summed E-state index contributed by atoms with van der Waals surface area (Å²) in [4.78, 5) is 1.01. The summed E-state index contributed by atoms with van der Waals surface area (Å²) >= 11 is 3.26. The molecule has 3 heterocycles. The van der Waals surface area contributed by atoms with Crippen molar-refractivity contribution in [2.45, 2.75) is 56.3 Å². The molecular weight excluding hydrogens is 709 g/mol. The molecule has 5 aromatic rings. The Balaban J connectivity index is 1.26. The normalized spacial score (nSPS) is 23.6. The van der Waals surface area contributed by atoms with Gasteiger partial charge in [0, 0.05) is 24.0 Å². The van der Waals surface area contributed by atoms with E-state index in [1.54, 1.807) is 23.1 Å². The lowest BCUT2D eigenvalue weighted by Gasteiger charge is -2.47. The Bertz CT molecular complexity index is 2550. The van der Waals surface area contributed by atoms with Gasteiger partial charge < -0.3 is 0 Å². The van der Waals surface area contributed by atoms with E-state index in [1.807, 2.05) is 36.4 Å². The number of hydrogen-bond acceptors (Lipinski definition) is 6. The highest BCUT2D eigenvalue weighted by Gasteiger charge is 2.62. The molecule has 8 nitrogen and oxygen atoms in total. The zero-order valence-corrected chi connectivity index (χ0v) is 31.0. The Morgan fingerprint density at radius 2 is 1.60 bits per heavy atom. The van der Waals surface area contributed by atoms with Crippen molar-refractivity contribution < 1.29 is 30.5 Å². The van der Waals surface area contributed by atoms with E-state index < -0.39 is 25.6 Å². The van der Waals surface area contributed by atoms with E-state index in [0.29, 0.717) is 19.5 Å². The van der Waals surface area contributed by atoms with Crippen molar-refractivity contribution in [3.63, 3.8) is 0 Å². The monoisotopic (exact) mass is 746 g/mol. The lowest BCUT2D eigenvalue weighted by atomic mass is 9.75. The largest absolute Gasteiger partial charge is 0.320 e. The number of fused-ring (bicyclic) bond motifs is 7. The Morgan fingerprint density at radius 3 is 2.30 bits per heavy atom. The van der Waals surface area contributed by atoms with Crippen molar-refractivity contribution in [3.05, 3.63) is 106 Å². The van der Waals surface area contributed by atoms with Crippen LogP contribution in [0.4, 0.5) is 5.69 Å². The van der Waals surface area contributed by atoms with Gasteiger partial charge in [0.05, 0.1) is 29.0 Å². The molecule has 1 aromatic heterocycles. The van der Waals surface area contributed by atoms with Crippen molar-refractivity contribution in [2.75, 3.05) is 12.3 Å². The third-order valence-electron chi connectivity index (χ3n) is 10.2. The number of benzene rings is 4. The Morgan fingerprint density at radius 1 is 0.900 bits per heavy atom. The maximum Gasteiger partial charge on any atom is 0.320 e. The van der Waals surface area contributed by atoms with Crippen LogP contribution in [0.25, 0.3) is 37.8 Å². The second-order valence-electron chi connectivity index (χ2n) is 14.4. The van der Waals surface area contributed by atoms with E-state index in [4.69, 9.17) is 0 Å². The number of aromatic nitrogens is 1. The number of hydrogen-bond donors (Lipinski definition) is 2. The van der Waals surface area contributed by atoms with Crippen molar-refractivity contribution in [2.24, 2.45) is 5.41 Å². The van der Waals surface area contributed by atoms with Crippen LogP contribution in [0.15, 0.2) is 106 Å². The number of thioether (sulfide) groups is 1. The molecule has 2 atom stereocenters. The molecule has 0 radical (unpaired) electrons. The molecule has 1 saturated heterocycles. The summed E-state index contributed by atoms with van der Waals surface area (Å²) in [6, 6.07) is 24.6. The minimum atomic E-state index is -4.34. The maximum atomic E-state index is 12.9. The molecule has 50 heavy (non-hydrogen) atoms. The van der Waals surface area contributed by atoms with Gasteiger partial charge in [-0.3, -0.25) is 9.11 Å². The molecule has 1 fully saturated rings. The highest BCUT2D eigenvalue weighted by molar-refractivity contribution is 8.03. The summed E-state index contributed by atoms with van der Waals surface area (Å²) in [6.07, 6.45) is 8.85. The van der Waals surface area contributed by atoms with E-state index in [1.165, 1.54) is 0 Å². The fraction of sp³-hybridized carbons (Fsp3) is 0.289. The van der Waals surface area contributed by atoms with Crippen molar-refractivity contribution in [1.29, 1.82) is 0 Å². The highest BCUT2D eigenvalue weighted by Crippen LogP contribution is 2.60. The number of thiazole rings is 1. The fourth-order valence-corrected chi connectivity index (χ4v) is 12.5. The van der Waals surface area contributed by atoms with Gasteiger partial charge in [-0.05, 0) is 76.2 Å². The van der Waals surface area contributed by atoms with Gasteiger partial charge in [0.2, 0.25) is 10.9 Å². The Kier molecular flexibility index (Phi) is 8.18. The Hall–Kier alpha value is -3.36. The first-order valence-corrected chi connectivity index (χ1v) is 21.4. The van der Waals surface area contributed by atoms with Gasteiger partial charge in [-0.1, -0.05) is 79.8 Å². The SMILES string of the molecule is CC1(C)CC(C=C2Sc3ccc4ccccc4c3[N+]23CCC3S(=O)(=O)O)=CC(=Cc2sc3ccc4ccccc4c3[n+]2CCCS(=O)(=O)O)C1. The predicted molar refractivity (Wildman–Crippen MR) is 204 cm³/mol. The molecular formula is C38H38N2O6S4+2. The van der Waals surface area contributed by atoms with Crippen LogP contribution in [-0.2, 0) is 26.8 Å². The quantitative estimate of drug-likeness (QED) is 0.0977. The summed E-state index contributed by atoms with van der Waals surface area (Å²) in [5.74, 6) is -0.317. The predicted octanol–water partition coefficient (Wildman–Crippen LogP) is 8.48. The lowest BCUT2D eigenvalue weighted by Crippen LogP contribution is -2.66. The summed E-state index contributed by atoms with van der Waals surface area (Å²) in [6.45, 7) is 5.49. The highest BCUT2D eigenvalue weighted by atomic mass is 32.2. The molecule has 258 valence electrons. The second-order valence-corrected chi connectivity index (χ2v) is 19.7. The van der Waals surface area contributed by atoms with Crippen LogP contribution in [0, 0.1) is 5.41 Å². The van der Waals surface area contributed by atoms with Crippen molar-refractivity contribution in [1.82, 2.24) is 4.48 Å². The van der Waals surface area contributed by atoms with Crippen LogP contribution in [0.3, 0.4) is 0 Å². The summed E-state index contributed by atoms with van der Waals surface area (Å²) in [5, 5.41) is 5.17. The Labute approximate surface area is 300 Å². The first kappa shape index (κ1) is 33.8. The van der Waals surface area contributed by atoms with Crippen molar-refractivity contribution in [3.8, 4) is 0 Å². The molecule has 8 rings (SSSR count). The van der Waals surface area contributed by atoms with Crippen LogP contribution in [0.5, 0.6) is 0 Å². The molecule has 0 bridgehead atoms. The molecule has 2 aliphatic heterocycles. The van der Waals surface area contributed by atoms with Crippen LogP contribution in [-0.4, -0.2) is 43.6 Å². The second kappa shape index (κ2) is 12.1. The zero-order chi connectivity index (χ0) is 35.1. The average Bonchev–Trinajstić information content (AvgIpc) is 3.54. The molecule has 12 heteroatoms. The number of aryl methyl sites for hydroxylation is 1. The molecule has 1 aliphatic carbocycles. The first-order chi connectivity index (χ1) is 23.7. The third-order valence-corrected chi connectivity index (χ3v) is 14.6. The van der Waals surface area contributed by atoms with Crippen LogP contribution in [0.1, 0.15) is 44.5 Å². The van der Waals surface area contributed by atoms with Crippen LogP contribution >= 0.6 is 23.1 Å². The molecule has 4 aromatic carbocycles. The fourth-order valence-electron chi connectivity index (χ4n) is 8.17. The van der Waals surface area contributed by atoms with Crippen LogP contribution < -0.4 is 9.05 Å². The van der Waals surface area contributed by atoms with Gasteiger partial charge in [-0.15, -0.1) is 0 Å². The number of rotatable bonds is 7. The molecule has 1 spiro atoms. The molecule has 2 N–H and O–H groups in total. The average molecular weight is 747 g/mol. The lowest BCUT2D eigenvalue weighted by molar-refractivity contribution is -0.667. The molecule has 0 amide bonds. The van der Waals surface area contributed by atoms with Gasteiger partial charge in [0.1, 0.15) is 4.70 Å². The molecule has 0 saturated carbocycles. The molecule has 3 aliphatic rings. The minimum Gasteiger partial charge on any atom is -0.286 e. The standard InChI is InChI=1S/C38H36N2O6S4/c1-38(2)23-25(21-33-39(17-7-19-49(41,42)43)36-29-10-5-3-8-27(29)12-14-31(36)47-33)20-26(24-38)22-34-40(18-16-35(40)50(44,45)46)37-30-11-6-4-9-28(30)13-15-32(37)48-34/h3-6,8-15,20-22,35H,7,16-19,23-24H2,1-2H3/p+2. The minimum absolute atomic E-state index is 0.0861. The zero-order valence-electron chi connectivity index (χ0n) is 27.7. The summed E-state index contributed by atoms with van der Waals surface area (Å²) in [5.41, 5.74) is 4.12. The van der Waals surface area contributed by atoms with Gasteiger partial charge in [0.15, 0.2) is 17.3 Å². The van der Waals surface area contributed by atoms with E-state index in [0.717, 1.165) is 76.4 Å². The van der Waals surface area contributed by atoms with Gasteiger partial charge >= 0.3 is 10.1 Å². The smallest absolute Gasteiger partial charge is 0.286 e. The maximum absolute atomic E-state index is 12.9. The molecule has 2 unspecified atom stereocenters. The number of quaternary nitrogens is 1. The van der Waals surface area contributed by atoms with E-state index >= 15 is 0 Å². The van der Waals surface area contributed by atoms with Gasteiger partial charge in [0.25, 0.3) is 15.1 Å².